The first-order chi connectivity index (χ1) is 7.99. The smallest absolute Gasteiger partial charge is 0.323 e. The monoisotopic (exact) mass is 230 g/mol. The van der Waals surface area contributed by atoms with Crippen LogP contribution in [0.5, 0.6) is 0 Å². The molecule has 0 spiro atoms. The van der Waals surface area contributed by atoms with Gasteiger partial charge in [0.05, 0.1) is 0 Å². The van der Waals surface area contributed by atoms with E-state index in [1.165, 1.54) is 6.92 Å². The van der Waals surface area contributed by atoms with Crippen molar-refractivity contribution in [3.05, 3.63) is 42.2 Å². The summed E-state index contributed by atoms with van der Waals surface area (Å²) in [6.07, 6.45) is 1.95. The molecular weight excluding hydrogens is 216 g/mol. The number of aromatic nitrogens is 1. The second-order valence-electron chi connectivity index (χ2n) is 4.42. The molecule has 1 atom stereocenters. The predicted octanol–water partition coefficient (Wildman–Crippen LogP) is 1.58. The van der Waals surface area contributed by atoms with Gasteiger partial charge >= 0.3 is 5.97 Å². The van der Waals surface area contributed by atoms with Gasteiger partial charge in [0.2, 0.25) is 0 Å². The molecular formula is C13H14N2O2. The molecule has 0 radical (unpaired) electrons. The van der Waals surface area contributed by atoms with Crippen LogP contribution in [0.25, 0.3) is 10.8 Å². The van der Waals surface area contributed by atoms with Crippen molar-refractivity contribution in [2.45, 2.75) is 18.9 Å². The highest BCUT2D eigenvalue weighted by atomic mass is 16.4. The fraction of sp³-hybridized carbons (Fsp3) is 0.231. The summed E-state index contributed by atoms with van der Waals surface area (Å²) in [6.45, 7) is 1.49. The number of rotatable bonds is 3. The van der Waals surface area contributed by atoms with Crippen LogP contribution in [-0.2, 0) is 11.2 Å². The van der Waals surface area contributed by atoms with Crippen LogP contribution in [-0.4, -0.2) is 21.6 Å². The van der Waals surface area contributed by atoms with Gasteiger partial charge in [-0.3, -0.25) is 9.78 Å². The van der Waals surface area contributed by atoms with Crippen LogP contribution < -0.4 is 5.73 Å². The van der Waals surface area contributed by atoms with Crippen LogP contribution in [0.3, 0.4) is 0 Å². The van der Waals surface area contributed by atoms with Gasteiger partial charge < -0.3 is 10.8 Å². The average molecular weight is 230 g/mol. The van der Waals surface area contributed by atoms with Gasteiger partial charge in [-0.15, -0.1) is 0 Å². The number of carboxylic acids is 1. The summed E-state index contributed by atoms with van der Waals surface area (Å²) in [4.78, 5) is 15.2. The molecule has 4 nitrogen and oxygen atoms in total. The van der Waals surface area contributed by atoms with E-state index in [1.807, 2.05) is 30.3 Å². The van der Waals surface area contributed by atoms with E-state index in [1.54, 1.807) is 6.20 Å². The summed E-state index contributed by atoms with van der Waals surface area (Å²) >= 11 is 0. The maximum absolute atomic E-state index is 10.9. The molecule has 0 aliphatic carbocycles. The number of carboxylic acid groups (broad SMARTS) is 1. The van der Waals surface area contributed by atoms with Crippen molar-refractivity contribution in [1.29, 1.82) is 0 Å². The van der Waals surface area contributed by atoms with Crippen LogP contribution >= 0.6 is 0 Å². The van der Waals surface area contributed by atoms with Crippen molar-refractivity contribution >= 4 is 16.7 Å². The predicted molar refractivity (Wildman–Crippen MR) is 65.7 cm³/mol. The van der Waals surface area contributed by atoms with Gasteiger partial charge in [0.15, 0.2) is 0 Å². The quantitative estimate of drug-likeness (QED) is 0.839. The maximum atomic E-state index is 10.9. The largest absolute Gasteiger partial charge is 0.480 e. The van der Waals surface area contributed by atoms with Crippen molar-refractivity contribution in [3.63, 3.8) is 0 Å². The number of benzene rings is 1. The van der Waals surface area contributed by atoms with E-state index < -0.39 is 11.5 Å². The number of carbonyl (C=O) groups is 1. The molecule has 0 amide bonds. The molecule has 0 bridgehead atoms. The molecule has 1 unspecified atom stereocenters. The average Bonchev–Trinajstić information content (AvgIpc) is 2.28. The fourth-order valence-corrected chi connectivity index (χ4v) is 1.68. The Morgan fingerprint density at radius 2 is 2.06 bits per heavy atom. The lowest BCUT2D eigenvalue weighted by Gasteiger charge is -2.18. The van der Waals surface area contributed by atoms with Crippen LogP contribution in [0.2, 0.25) is 0 Å². The highest BCUT2D eigenvalue weighted by Gasteiger charge is 2.28. The van der Waals surface area contributed by atoms with E-state index in [4.69, 9.17) is 10.8 Å². The summed E-state index contributed by atoms with van der Waals surface area (Å²) in [5.41, 5.74) is 5.10. The van der Waals surface area contributed by atoms with E-state index in [9.17, 15) is 4.79 Å². The van der Waals surface area contributed by atoms with Crippen LogP contribution in [0.15, 0.2) is 36.5 Å². The van der Waals surface area contributed by atoms with E-state index in [2.05, 4.69) is 4.98 Å². The molecule has 17 heavy (non-hydrogen) atoms. The third-order valence-electron chi connectivity index (χ3n) is 2.72. The van der Waals surface area contributed by atoms with E-state index in [-0.39, 0.29) is 6.42 Å². The standard InChI is InChI=1S/C13H14N2O2/c1-13(14,12(16)17)7-11-6-9-4-2-3-5-10(9)8-15-11/h2-6,8H,7,14H2,1H3,(H,16,17). The van der Waals surface area contributed by atoms with Gasteiger partial charge in [-0.1, -0.05) is 24.3 Å². The van der Waals surface area contributed by atoms with Crippen molar-refractivity contribution in [2.24, 2.45) is 5.73 Å². The van der Waals surface area contributed by atoms with E-state index in [0.29, 0.717) is 5.69 Å². The van der Waals surface area contributed by atoms with Crippen molar-refractivity contribution in [1.82, 2.24) is 4.98 Å². The molecule has 1 heterocycles. The molecule has 0 saturated heterocycles. The lowest BCUT2D eigenvalue weighted by Crippen LogP contribution is -2.47. The highest BCUT2D eigenvalue weighted by molar-refractivity contribution is 5.82. The Kier molecular flexibility index (Phi) is 2.81. The molecule has 1 aromatic carbocycles. The lowest BCUT2D eigenvalue weighted by atomic mass is 9.96. The maximum Gasteiger partial charge on any atom is 0.323 e. The highest BCUT2D eigenvalue weighted by Crippen LogP contribution is 2.16. The Morgan fingerprint density at radius 1 is 1.41 bits per heavy atom. The summed E-state index contributed by atoms with van der Waals surface area (Å²) in [7, 11) is 0. The third-order valence-corrected chi connectivity index (χ3v) is 2.72. The molecule has 4 heteroatoms. The van der Waals surface area contributed by atoms with Gasteiger partial charge in [-0.2, -0.15) is 0 Å². The van der Waals surface area contributed by atoms with Crippen LogP contribution in [0, 0.1) is 0 Å². The molecule has 3 N–H and O–H groups in total. The number of aliphatic carboxylic acids is 1. The molecule has 0 aliphatic heterocycles. The summed E-state index contributed by atoms with van der Waals surface area (Å²) < 4.78 is 0. The Balaban J connectivity index is 2.34. The number of nitrogens with two attached hydrogens (primary N) is 1. The van der Waals surface area contributed by atoms with Gasteiger partial charge in [0.1, 0.15) is 5.54 Å². The van der Waals surface area contributed by atoms with E-state index in [0.717, 1.165) is 10.8 Å². The molecule has 2 rings (SSSR count). The van der Waals surface area contributed by atoms with Crippen LogP contribution in [0.4, 0.5) is 0 Å². The number of nitrogens with zero attached hydrogens (tertiary/aromatic N) is 1. The number of fused-ring (bicyclic) bond motifs is 1. The number of pyridine rings is 1. The zero-order valence-electron chi connectivity index (χ0n) is 9.55. The Bertz CT molecular complexity index is 564. The minimum absolute atomic E-state index is 0.215. The summed E-state index contributed by atoms with van der Waals surface area (Å²) in [6, 6.07) is 9.68. The Labute approximate surface area is 99.1 Å². The van der Waals surface area contributed by atoms with Gasteiger partial charge in [-0.25, -0.2) is 0 Å². The normalized spacial score (nSPS) is 14.5. The SMILES string of the molecule is CC(N)(Cc1cc2ccccc2cn1)C(=O)O. The minimum atomic E-state index is -1.28. The van der Waals surface area contributed by atoms with Crippen molar-refractivity contribution in [3.8, 4) is 0 Å². The van der Waals surface area contributed by atoms with Crippen molar-refractivity contribution in [2.75, 3.05) is 0 Å². The zero-order chi connectivity index (χ0) is 12.5. The second kappa shape index (κ2) is 4.14. The Hall–Kier alpha value is -1.94. The number of hydrogen-bond acceptors (Lipinski definition) is 3. The minimum Gasteiger partial charge on any atom is -0.480 e. The van der Waals surface area contributed by atoms with Gasteiger partial charge in [-0.05, 0) is 18.4 Å². The molecule has 0 saturated carbocycles. The zero-order valence-corrected chi connectivity index (χ0v) is 9.55. The second-order valence-corrected chi connectivity index (χ2v) is 4.42. The topological polar surface area (TPSA) is 76.2 Å². The Morgan fingerprint density at radius 3 is 2.71 bits per heavy atom. The summed E-state index contributed by atoms with van der Waals surface area (Å²) in [5.74, 6) is -1.02. The van der Waals surface area contributed by atoms with Gasteiger partial charge in [0, 0.05) is 23.7 Å². The van der Waals surface area contributed by atoms with E-state index >= 15 is 0 Å². The van der Waals surface area contributed by atoms with Crippen LogP contribution in [0.1, 0.15) is 12.6 Å². The first-order valence-electron chi connectivity index (χ1n) is 5.35. The molecule has 88 valence electrons. The number of hydrogen-bond donors (Lipinski definition) is 2. The molecule has 2 aromatic rings. The molecule has 0 aliphatic rings. The van der Waals surface area contributed by atoms with Crippen molar-refractivity contribution < 1.29 is 9.90 Å². The summed E-state index contributed by atoms with van der Waals surface area (Å²) in [5, 5.41) is 11.0. The first kappa shape index (κ1) is 11.5. The lowest BCUT2D eigenvalue weighted by molar-refractivity contribution is -0.142. The third kappa shape index (κ3) is 2.42. The first-order valence-corrected chi connectivity index (χ1v) is 5.35. The fourth-order valence-electron chi connectivity index (χ4n) is 1.68. The molecule has 1 aromatic heterocycles. The molecule has 0 fully saturated rings. The van der Waals surface area contributed by atoms with Gasteiger partial charge in [0.25, 0.3) is 0 Å².